The highest BCUT2D eigenvalue weighted by Gasteiger charge is 2.35. The lowest BCUT2D eigenvalue weighted by molar-refractivity contribution is 0.0123. The van der Waals surface area contributed by atoms with Crippen LogP contribution in [0, 0.1) is 5.92 Å². The van der Waals surface area contributed by atoms with Gasteiger partial charge in [-0.25, -0.2) is 9.10 Å². The summed E-state index contributed by atoms with van der Waals surface area (Å²) >= 11 is 1.80. The molecule has 7 heteroatoms. The number of carbonyl (C=O) groups is 1. The van der Waals surface area contributed by atoms with E-state index in [0.717, 1.165) is 63.3 Å². The molecule has 1 saturated heterocycles. The van der Waals surface area contributed by atoms with Gasteiger partial charge in [0.1, 0.15) is 17.5 Å². The Labute approximate surface area is 184 Å². The van der Waals surface area contributed by atoms with Gasteiger partial charge in [0.2, 0.25) is 0 Å². The van der Waals surface area contributed by atoms with Gasteiger partial charge in [-0.2, -0.15) is 0 Å². The highest BCUT2D eigenvalue weighted by atomic mass is 32.2. The summed E-state index contributed by atoms with van der Waals surface area (Å²) in [6.07, 6.45) is 10.2. The molecule has 3 aliphatic heterocycles. The summed E-state index contributed by atoms with van der Waals surface area (Å²) in [5.41, 5.74) is 3.26. The van der Waals surface area contributed by atoms with Crippen LogP contribution in [0.2, 0.25) is 0 Å². The minimum absolute atomic E-state index is 0.185. The Morgan fingerprint density at radius 2 is 2.03 bits per heavy atom. The third-order valence-electron chi connectivity index (χ3n) is 6.12. The fourth-order valence-corrected chi connectivity index (χ4v) is 4.94. The van der Waals surface area contributed by atoms with Gasteiger partial charge >= 0.3 is 6.09 Å². The lowest BCUT2D eigenvalue weighted by atomic mass is 9.89. The van der Waals surface area contributed by atoms with E-state index in [1.165, 1.54) is 11.1 Å². The van der Waals surface area contributed by atoms with E-state index < -0.39 is 5.60 Å². The number of rotatable bonds is 3. The molecule has 0 N–H and O–H groups in total. The molecule has 1 aromatic heterocycles. The quantitative estimate of drug-likeness (QED) is 0.661. The fourth-order valence-electron chi connectivity index (χ4n) is 4.44. The first-order chi connectivity index (χ1) is 14.3. The molecule has 1 unspecified atom stereocenters. The number of ether oxygens (including phenoxy) is 2. The zero-order valence-electron chi connectivity index (χ0n) is 18.5. The molecule has 4 rings (SSSR count). The van der Waals surface area contributed by atoms with Gasteiger partial charge in [0.15, 0.2) is 0 Å². The van der Waals surface area contributed by atoms with Gasteiger partial charge < -0.3 is 14.4 Å². The lowest BCUT2D eigenvalue weighted by Gasteiger charge is -2.35. The van der Waals surface area contributed by atoms with Crippen LogP contribution < -0.4 is 4.74 Å². The van der Waals surface area contributed by atoms with Crippen molar-refractivity contribution in [2.45, 2.75) is 58.2 Å². The molecule has 164 valence electrons. The Bertz CT molecular complexity index is 812. The van der Waals surface area contributed by atoms with Crippen LogP contribution >= 0.6 is 11.9 Å². The largest absolute Gasteiger partial charge is 0.488 e. The van der Waals surface area contributed by atoms with Gasteiger partial charge in [-0.05, 0) is 63.8 Å². The zero-order valence-corrected chi connectivity index (χ0v) is 19.3. The maximum Gasteiger partial charge on any atom is 0.410 e. The van der Waals surface area contributed by atoms with Gasteiger partial charge in [-0.1, -0.05) is 18.0 Å². The maximum atomic E-state index is 12.3. The molecule has 0 spiro atoms. The monoisotopic (exact) mass is 431 g/mol. The van der Waals surface area contributed by atoms with Gasteiger partial charge in [0.25, 0.3) is 0 Å². The first-order valence-corrected chi connectivity index (χ1v) is 12.1. The van der Waals surface area contributed by atoms with Crippen molar-refractivity contribution in [3.63, 3.8) is 0 Å². The van der Waals surface area contributed by atoms with Crippen molar-refractivity contribution in [3.8, 4) is 5.75 Å². The first kappa shape index (κ1) is 21.5. The van der Waals surface area contributed by atoms with E-state index in [0.29, 0.717) is 5.92 Å². The van der Waals surface area contributed by atoms with Crippen molar-refractivity contribution in [1.29, 1.82) is 0 Å². The lowest BCUT2D eigenvalue weighted by Crippen LogP contribution is -2.44. The van der Waals surface area contributed by atoms with Gasteiger partial charge in [0, 0.05) is 38.2 Å². The molecule has 1 aromatic rings. The first-order valence-electron chi connectivity index (χ1n) is 10.9. The number of nitrogens with zero attached hydrogens (tertiary/aromatic N) is 3. The SMILES string of the molecule is CSN1CC=C(c2cc3c(cn2)OC(C2CCN(C(=O)OC(C)(C)C)CC2)C3)CC1. The zero-order chi connectivity index (χ0) is 21.3. The average Bonchev–Trinajstić information content (AvgIpc) is 3.16. The summed E-state index contributed by atoms with van der Waals surface area (Å²) in [4.78, 5) is 18.8. The van der Waals surface area contributed by atoms with Crippen molar-refractivity contribution in [2.24, 2.45) is 5.92 Å². The highest BCUT2D eigenvalue weighted by molar-refractivity contribution is 7.96. The molecule has 1 atom stereocenters. The summed E-state index contributed by atoms with van der Waals surface area (Å²) in [6.45, 7) is 9.24. The molecule has 0 bridgehead atoms. The predicted molar refractivity (Wildman–Crippen MR) is 121 cm³/mol. The van der Waals surface area contributed by atoms with E-state index in [-0.39, 0.29) is 12.2 Å². The van der Waals surface area contributed by atoms with E-state index in [4.69, 9.17) is 9.47 Å². The van der Waals surface area contributed by atoms with Crippen LogP contribution in [-0.2, 0) is 11.2 Å². The maximum absolute atomic E-state index is 12.3. The molecular formula is C23H33N3O3S. The van der Waals surface area contributed by atoms with Gasteiger partial charge in [0.05, 0.1) is 11.9 Å². The second-order valence-corrected chi connectivity index (χ2v) is 10.3. The van der Waals surface area contributed by atoms with Crippen LogP contribution in [0.5, 0.6) is 5.75 Å². The topological polar surface area (TPSA) is 54.9 Å². The van der Waals surface area contributed by atoms with Crippen molar-refractivity contribution >= 4 is 23.6 Å². The minimum Gasteiger partial charge on any atom is -0.488 e. The van der Waals surface area contributed by atoms with Crippen molar-refractivity contribution in [3.05, 3.63) is 29.6 Å². The normalized spacial score (nSPS) is 23.0. The molecule has 1 amide bonds. The van der Waals surface area contributed by atoms with E-state index >= 15 is 0 Å². The van der Waals surface area contributed by atoms with Crippen LogP contribution in [0.15, 0.2) is 18.3 Å². The molecule has 30 heavy (non-hydrogen) atoms. The number of fused-ring (bicyclic) bond motifs is 1. The molecule has 0 aliphatic carbocycles. The molecular weight excluding hydrogens is 398 g/mol. The third-order valence-corrected chi connectivity index (χ3v) is 6.97. The number of hydrogen-bond acceptors (Lipinski definition) is 6. The van der Waals surface area contributed by atoms with E-state index in [1.54, 1.807) is 11.9 Å². The molecule has 1 fully saturated rings. The predicted octanol–water partition coefficient (Wildman–Crippen LogP) is 4.40. The van der Waals surface area contributed by atoms with Crippen LogP contribution in [0.4, 0.5) is 4.79 Å². The smallest absolute Gasteiger partial charge is 0.410 e. The second-order valence-electron chi connectivity index (χ2n) is 9.39. The number of carbonyl (C=O) groups excluding carboxylic acids is 1. The summed E-state index contributed by atoms with van der Waals surface area (Å²) in [6, 6.07) is 2.23. The fraction of sp³-hybridized carbons (Fsp3) is 0.652. The molecule has 0 aromatic carbocycles. The van der Waals surface area contributed by atoms with E-state index in [1.807, 2.05) is 31.9 Å². The van der Waals surface area contributed by atoms with E-state index in [9.17, 15) is 4.79 Å². The summed E-state index contributed by atoms with van der Waals surface area (Å²) in [5.74, 6) is 1.39. The van der Waals surface area contributed by atoms with Crippen LogP contribution in [0.3, 0.4) is 0 Å². The molecule has 4 heterocycles. The third kappa shape index (κ3) is 4.94. The Balaban J connectivity index is 1.33. The molecule has 0 radical (unpaired) electrons. The Morgan fingerprint density at radius 1 is 1.27 bits per heavy atom. The Morgan fingerprint density at radius 3 is 2.67 bits per heavy atom. The van der Waals surface area contributed by atoms with Gasteiger partial charge in [-0.3, -0.25) is 4.98 Å². The molecule has 6 nitrogen and oxygen atoms in total. The van der Waals surface area contributed by atoms with Crippen LogP contribution in [0.25, 0.3) is 5.57 Å². The summed E-state index contributed by atoms with van der Waals surface area (Å²) in [5, 5.41) is 0. The Hall–Kier alpha value is -1.73. The average molecular weight is 432 g/mol. The van der Waals surface area contributed by atoms with Crippen LogP contribution in [-0.4, -0.2) is 64.4 Å². The summed E-state index contributed by atoms with van der Waals surface area (Å²) in [7, 11) is 0. The van der Waals surface area contributed by atoms with Crippen LogP contribution in [0.1, 0.15) is 51.3 Å². The van der Waals surface area contributed by atoms with Crippen molar-refractivity contribution < 1.29 is 14.3 Å². The Kier molecular flexibility index (Phi) is 6.30. The highest BCUT2D eigenvalue weighted by Crippen LogP contribution is 2.36. The molecule has 3 aliphatic rings. The number of aromatic nitrogens is 1. The van der Waals surface area contributed by atoms with Gasteiger partial charge in [-0.15, -0.1) is 0 Å². The van der Waals surface area contributed by atoms with Crippen molar-refractivity contribution in [1.82, 2.24) is 14.2 Å². The number of amides is 1. The number of piperidine rings is 1. The van der Waals surface area contributed by atoms with Crippen molar-refractivity contribution in [2.75, 3.05) is 32.4 Å². The number of likely N-dealkylation sites (tertiary alicyclic amines) is 1. The second kappa shape index (κ2) is 8.79. The minimum atomic E-state index is -0.448. The van der Waals surface area contributed by atoms with E-state index in [2.05, 4.69) is 27.7 Å². The number of pyridine rings is 1. The summed E-state index contributed by atoms with van der Waals surface area (Å²) < 4.78 is 14.1. The molecule has 0 saturated carbocycles. The standard InChI is InChI=1S/C23H33N3O3S/c1-23(2,3)29-22(27)25-9-5-17(6-10-25)20-14-18-13-19(24-15-21(18)28-20)16-7-11-26(30-4)12-8-16/h7,13,15,17,20H,5-6,8-12,14H2,1-4H3. The number of hydrogen-bond donors (Lipinski definition) is 0.